The van der Waals surface area contributed by atoms with Gasteiger partial charge in [-0.3, -0.25) is 24.1 Å². The summed E-state index contributed by atoms with van der Waals surface area (Å²) in [6.45, 7) is 1.13. The van der Waals surface area contributed by atoms with Gasteiger partial charge in [-0.15, -0.1) is 11.8 Å². The highest BCUT2D eigenvalue weighted by Gasteiger charge is 2.48. The summed E-state index contributed by atoms with van der Waals surface area (Å²) in [4.78, 5) is 38.6. The van der Waals surface area contributed by atoms with Gasteiger partial charge in [-0.05, 0) is 41.8 Å². The molecular weight excluding hydrogens is 545 g/mol. The molecule has 2 aliphatic heterocycles. The number of halogens is 5. The van der Waals surface area contributed by atoms with E-state index in [1.165, 1.54) is 41.5 Å². The molecule has 3 aromatic rings. The number of carbonyl (C=O) groups is 2. The molecule has 0 unspecified atom stereocenters. The van der Waals surface area contributed by atoms with Gasteiger partial charge >= 0.3 is 12.1 Å². The Kier molecular flexibility index (Phi) is 6.65. The standard InChI is InChI=1S/C26H20F5N3O4S/c1-13(26(29,30)31)32-12-34(33-9-8-20(36)23(38-14(2)35)22(33)25(32)37)21-17-7-6-16(27)10-15(17)11-39-24-18(21)4-3-5-19(24)28/h3-10,13,21H,11-12H2,1-2H3/t13-,21-/m1/s1. The van der Waals surface area contributed by atoms with Crippen molar-refractivity contribution in [2.75, 3.05) is 11.7 Å². The number of ether oxygens (including phenoxy) is 1. The maximum atomic E-state index is 15.0. The van der Waals surface area contributed by atoms with E-state index in [4.69, 9.17) is 4.74 Å². The summed E-state index contributed by atoms with van der Waals surface area (Å²) >= 11 is 1.11. The number of benzene rings is 2. The molecule has 0 N–H and O–H groups in total. The third-order valence-corrected chi connectivity index (χ3v) is 7.80. The number of amides is 1. The summed E-state index contributed by atoms with van der Waals surface area (Å²) in [5.74, 6) is -3.84. The Morgan fingerprint density at radius 1 is 1.10 bits per heavy atom. The average molecular weight is 566 g/mol. The van der Waals surface area contributed by atoms with Gasteiger partial charge in [0, 0.05) is 29.8 Å². The predicted molar refractivity (Wildman–Crippen MR) is 131 cm³/mol. The van der Waals surface area contributed by atoms with Crippen LogP contribution in [0.4, 0.5) is 22.0 Å². The molecule has 0 radical (unpaired) electrons. The fourth-order valence-electron chi connectivity index (χ4n) is 4.76. The third kappa shape index (κ3) is 4.64. The molecule has 1 amide bonds. The van der Waals surface area contributed by atoms with Gasteiger partial charge in [-0.2, -0.15) is 13.2 Å². The van der Waals surface area contributed by atoms with Gasteiger partial charge in [-0.1, -0.05) is 18.2 Å². The highest BCUT2D eigenvalue weighted by molar-refractivity contribution is 7.98. The van der Waals surface area contributed by atoms with E-state index in [0.717, 1.165) is 36.4 Å². The molecule has 0 bridgehead atoms. The van der Waals surface area contributed by atoms with E-state index >= 15 is 4.39 Å². The Hall–Kier alpha value is -3.87. The zero-order valence-corrected chi connectivity index (χ0v) is 21.3. The summed E-state index contributed by atoms with van der Waals surface area (Å²) in [6, 6.07) is 5.86. The van der Waals surface area contributed by atoms with E-state index in [2.05, 4.69) is 0 Å². The number of thioether (sulfide) groups is 1. The van der Waals surface area contributed by atoms with Gasteiger partial charge in [-0.25, -0.2) is 8.78 Å². The topological polar surface area (TPSA) is 71.8 Å². The molecule has 39 heavy (non-hydrogen) atoms. The Morgan fingerprint density at radius 2 is 1.85 bits per heavy atom. The van der Waals surface area contributed by atoms with Crippen molar-refractivity contribution in [2.24, 2.45) is 0 Å². The fourth-order valence-corrected chi connectivity index (χ4v) is 5.87. The molecule has 2 atom stereocenters. The maximum absolute atomic E-state index is 15.0. The molecule has 2 aromatic carbocycles. The summed E-state index contributed by atoms with van der Waals surface area (Å²) in [5.41, 5.74) is -0.204. The molecule has 0 saturated carbocycles. The first-order chi connectivity index (χ1) is 18.4. The molecule has 7 nitrogen and oxygen atoms in total. The van der Waals surface area contributed by atoms with Gasteiger partial charge in [0.1, 0.15) is 24.3 Å². The number of hydrogen-bond donors (Lipinski definition) is 0. The number of pyridine rings is 1. The minimum Gasteiger partial charge on any atom is -0.420 e. The first-order valence-electron chi connectivity index (χ1n) is 11.7. The van der Waals surface area contributed by atoms with Crippen molar-refractivity contribution in [1.82, 2.24) is 9.58 Å². The number of rotatable bonds is 3. The van der Waals surface area contributed by atoms with E-state index in [-0.39, 0.29) is 10.6 Å². The number of carbonyl (C=O) groups excluding carboxylic acids is 2. The lowest BCUT2D eigenvalue weighted by atomic mass is 9.94. The summed E-state index contributed by atoms with van der Waals surface area (Å²) in [6.07, 6.45) is -3.66. The van der Waals surface area contributed by atoms with Crippen LogP contribution in [0.2, 0.25) is 0 Å². The lowest BCUT2D eigenvalue weighted by Crippen LogP contribution is -2.60. The molecule has 0 fully saturated rings. The van der Waals surface area contributed by atoms with Crippen molar-refractivity contribution in [3.63, 3.8) is 0 Å². The molecule has 1 aromatic heterocycles. The first-order valence-corrected chi connectivity index (χ1v) is 12.6. The van der Waals surface area contributed by atoms with Crippen molar-refractivity contribution in [2.45, 2.75) is 42.8 Å². The van der Waals surface area contributed by atoms with Crippen LogP contribution in [0.15, 0.2) is 58.4 Å². The van der Waals surface area contributed by atoms with Crippen molar-refractivity contribution < 1.29 is 36.3 Å². The monoisotopic (exact) mass is 565 g/mol. The second kappa shape index (κ2) is 9.70. The van der Waals surface area contributed by atoms with E-state index in [0.29, 0.717) is 21.6 Å². The van der Waals surface area contributed by atoms with Gasteiger partial charge in [0.15, 0.2) is 5.69 Å². The van der Waals surface area contributed by atoms with Crippen molar-refractivity contribution in [1.29, 1.82) is 0 Å². The molecule has 204 valence electrons. The smallest absolute Gasteiger partial charge is 0.408 e. The molecule has 3 heterocycles. The Balaban J connectivity index is 1.82. The van der Waals surface area contributed by atoms with Crippen molar-refractivity contribution >= 4 is 23.6 Å². The van der Waals surface area contributed by atoms with Crippen LogP contribution in [0.3, 0.4) is 0 Å². The minimum absolute atomic E-state index is 0.169. The Morgan fingerprint density at radius 3 is 2.54 bits per heavy atom. The normalized spacial score (nSPS) is 17.6. The zero-order valence-electron chi connectivity index (χ0n) is 20.5. The third-order valence-electron chi connectivity index (χ3n) is 6.62. The van der Waals surface area contributed by atoms with Gasteiger partial charge < -0.3 is 9.64 Å². The minimum atomic E-state index is -4.84. The number of nitrogens with zero attached hydrogens (tertiary/aromatic N) is 3. The van der Waals surface area contributed by atoms with Gasteiger partial charge in [0.05, 0.1) is 6.04 Å². The van der Waals surface area contributed by atoms with Gasteiger partial charge in [0.25, 0.3) is 5.91 Å². The van der Waals surface area contributed by atoms with Crippen LogP contribution in [0.25, 0.3) is 0 Å². The number of aromatic nitrogens is 1. The van der Waals surface area contributed by atoms with E-state index in [1.54, 1.807) is 6.07 Å². The highest BCUT2D eigenvalue weighted by Crippen LogP contribution is 2.44. The van der Waals surface area contributed by atoms with Crippen molar-refractivity contribution in [3.05, 3.63) is 92.9 Å². The summed E-state index contributed by atoms with van der Waals surface area (Å²) < 4.78 is 77.2. The van der Waals surface area contributed by atoms with Crippen LogP contribution in [0.5, 0.6) is 5.75 Å². The van der Waals surface area contributed by atoms with Crippen LogP contribution < -0.4 is 15.2 Å². The molecule has 0 saturated heterocycles. The van der Waals surface area contributed by atoms with Crippen LogP contribution >= 0.6 is 11.8 Å². The SMILES string of the molecule is CC(=O)Oc1c2n(ccc1=O)N([C@@H]1c3ccc(F)cc3CSc3c(F)cccc31)CN([C@H](C)C(F)(F)F)C2=O. The Labute approximate surface area is 222 Å². The summed E-state index contributed by atoms with van der Waals surface area (Å²) in [5, 5.41) is 1.34. The maximum Gasteiger partial charge on any atom is 0.408 e. The number of fused-ring (bicyclic) bond motifs is 3. The second-order valence-electron chi connectivity index (χ2n) is 9.06. The van der Waals surface area contributed by atoms with Gasteiger partial charge in [0.2, 0.25) is 11.2 Å². The predicted octanol–water partition coefficient (Wildman–Crippen LogP) is 4.75. The highest BCUT2D eigenvalue weighted by atomic mass is 32.2. The molecule has 0 aliphatic carbocycles. The van der Waals surface area contributed by atoms with Crippen LogP contribution in [-0.4, -0.2) is 40.3 Å². The van der Waals surface area contributed by atoms with Crippen LogP contribution in [0.1, 0.15) is 47.1 Å². The number of esters is 1. The quantitative estimate of drug-likeness (QED) is 0.337. The van der Waals surface area contributed by atoms with E-state index in [9.17, 15) is 31.9 Å². The number of hydrogen-bond acceptors (Lipinski definition) is 6. The lowest BCUT2D eigenvalue weighted by Gasteiger charge is -2.46. The van der Waals surface area contributed by atoms with Crippen LogP contribution in [-0.2, 0) is 10.5 Å². The lowest BCUT2D eigenvalue weighted by molar-refractivity contribution is -0.173. The summed E-state index contributed by atoms with van der Waals surface area (Å²) in [7, 11) is 0. The van der Waals surface area contributed by atoms with Crippen molar-refractivity contribution in [3.8, 4) is 5.75 Å². The first kappa shape index (κ1) is 26.7. The molecule has 2 aliphatic rings. The molecule has 0 spiro atoms. The largest absolute Gasteiger partial charge is 0.420 e. The molecule has 5 rings (SSSR count). The average Bonchev–Trinajstić information content (AvgIpc) is 3.02. The van der Waals surface area contributed by atoms with Crippen LogP contribution in [0, 0.1) is 11.6 Å². The zero-order chi connectivity index (χ0) is 28.2. The molecule has 13 heteroatoms. The van der Waals surface area contributed by atoms with E-state index < -0.39 is 65.3 Å². The number of alkyl halides is 3. The molecular formula is C26H20F5N3O4S. The second-order valence-corrected chi connectivity index (χ2v) is 10.0. The fraction of sp³-hybridized carbons (Fsp3) is 0.269. The van der Waals surface area contributed by atoms with E-state index in [1.807, 2.05) is 0 Å². The Bertz CT molecular complexity index is 1560.